The van der Waals surface area contributed by atoms with Crippen molar-refractivity contribution in [3.8, 4) is 0 Å². The van der Waals surface area contributed by atoms with E-state index in [0.717, 1.165) is 12.3 Å². The molecule has 2 nitrogen and oxygen atoms in total. The van der Waals surface area contributed by atoms with E-state index in [1.54, 1.807) is 13.8 Å². The molecule has 0 aromatic carbocycles. The van der Waals surface area contributed by atoms with Crippen molar-refractivity contribution in [2.24, 2.45) is 0 Å². The minimum atomic E-state index is -3.00. The fraction of sp³-hybridized carbons (Fsp3) is 0.444. The minimum Gasteiger partial charge on any atom is -0.266 e. The molecule has 0 atom stereocenters. The van der Waals surface area contributed by atoms with E-state index in [-0.39, 0.29) is 10.5 Å². The molecule has 14 heavy (non-hydrogen) atoms. The summed E-state index contributed by atoms with van der Waals surface area (Å²) in [6.45, 7) is 0.458. The molecule has 0 spiro atoms. The Labute approximate surface area is 79.0 Å². The van der Waals surface area contributed by atoms with E-state index in [2.05, 4.69) is 0 Å². The molecule has 0 aliphatic rings. The number of alkyl halides is 2. The zero-order valence-electron chi connectivity index (χ0n) is 7.80. The van der Waals surface area contributed by atoms with E-state index in [9.17, 15) is 18.0 Å². The van der Waals surface area contributed by atoms with E-state index < -0.39 is 17.9 Å². The van der Waals surface area contributed by atoms with Gasteiger partial charge in [-0.3, -0.25) is 9.36 Å². The third-order valence-electron chi connectivity index (χ3n) is 1.90. The molecule has 1 aromatic rings. The van der Waals surface area contributed by atoms with Crippen LogP contribution in [0.15, 0.2) is 17.1 Å². The molecule has 1 rings (SSSR count). The van der Waals surface area contributed by atoms with Gasteiger partial charge in [-0.05, 0) is 17.5 Å². The lowest BCUT2D eigenvalue weighted by Gasteiger charge is -2.09. The van der Waals surface area contributed by atoms with Crippen molar-refractivity contribution in [1.82, 2.24) is 4.57 Å². The summed E-state index contributed by atoms with van der Waals surface area (Å²) in [5, 5.41) is 0. The van der Waals surface area contributed by atoms with Crippen LogP contribution in [-0.4, -0.2) is 4.57 Å². The Hall–Kier alpha value is -1.26. The topological polar surface area (TPSA) is 22.0 Å². The van der Waals surface area contributed by atoms with Gasteiger partial charge in [0.25, 0.3) is 5.56 Å². The van der Waals surface area contributed by atoms with Crippen LogP contribution in [0.5, 0.6) is 0 Å². The summed E-state index contributed by atoms with van der Waals surface area (Å²) in [5.41, 5.74) is -0.910. The SMILES string of the molecule is CC(C)c1cc(F)c(=O)n(C(F)F)c1. The molecule has 1 heterocycles. The number of nitrogens with zero attached hydrogens (tertiary/aromatic N) is 1. The molecule has 1 aromatic heterocycles. The average molecular weight is 205 g/mol. The minimum absolute atomic E-state index is 0.102. The van der Waals surface area contributed by atoms with Gasteiger partial charge < -0.3 is 0 Å². The first kappa shape index (κ1) is 10.8. The van der Waals surface area contributed by atoms with Crippen molar-refractivity contribution < 1.29 is 13.2 Å². The predicted octanol–water partition coefficient (Wildman–Crippen LogP) is 2.51. The Morgan fingerprint density at radius 3 is 2.36 bits per heavy atom. The molecular formula is C9H10F3NO. The van der Waals surface area contributed by atoms with Crippen molar-refractivity contribution in [3.05, 3.63) is 34.0 Å². The number of aromatic nitrogens is 1. The van der Waals surface area contributed by atoms with E-state index in [4.69, 9.17) is 0 Å². The number of pyridine rings is 1. The maximum atomic E-state index is 12.9. The maximum Gasteiger partial charge on any atom is 0.321 e. The van der Waals surface area contributed by atoms with Crippen LogP contribution in [0.2, 0.25) is 0 Å². The largest absolute Gasteiger partial charge is 0.321 e. The molecule has 0 radical (unpaired) electrons. The van der Waals surface area contributed by atoms with Crippen LogP contribution in [0.25, 0.3) is 0 Å². The van der Waals surface area contributed by atoms with Crippen molar-refractivity contribution >= 4 is 0 Å². The quantitative estimate of drug-likeness (QED) is 0.727. The molecular weight excluding hydrogens is 195 g/mol. The van der Waals surface area contributed by atoms with Crippen LogP contribution in [0.3, 0.4) is 0 Å². The summed E-state index contributed by atoms with van der Waals surface area (Å²) in [6.07, 6.45) is 0.987. The van der Waals surface area contributed by atoms with Crippen LogP contribution >= 0.6 is 0 Å². The van der Waals surface area contributed by atoms with Gasteiger partial charge in [0.2, 0.25) is 0 Å². The first-order valence-electron chi connectivity index (χ1n) is 4.13. The van der Waals surface area contributed by atoms with Gasteiger partial charge in [0, 0.05) is 6.20 Å². The third kappa shape index (κ3) is 1.97. The Kier molecular flexibility index (Phi) is 2.98. The van der Waals surface area contributed by atoms with E-state index in [1.807, 2.05) is 0 Å². The monoisotopic (exact) mass is 205 g/mol. The van der Waals surface area contributed by atoms with Crippen molar-refractivity contribution in [2.45, 2.75) is 26.3 Å². The highest BCUT2D eigenvalue weighted by Gasteiger charge is 2.14. The van der Waals surface area contributed by atoms with Crippen LogP contribution in [0.4, 0.5) is 13.2 Å². The smallest absolute Gasteiger partial charge is 0.266 e. The summed E-state index contributed by atoms with van der Waals surface area (Å²) in [7, 11) is 0. The first-order chi connectivity index (χ1) is 6.43. The molecule has 0 fully saturated rings. The van der Waals surface area contributed by atoms with Crippen LogP contribution in [-0.2, 0) is 0 Å². The summed E-state index contributed by atoms with van der Waals surface area (Å²) in [4.78, 5) is 10.9. The number of halogens is 3. The molecule has 0 unspecified atom stereocenters. The highest BCUT2D eigenvalue weighted by molar-refractivity contribution is 5.15. The van der Waals surface area contributed by atoms with Gasteiger partial charge in [0.1, 0.15) is 0 Å². The molecule has 78 valence electrons. The molecule has 0 N–H and O–H groups in total. The van der Waals surface area contributed by atoms with Crippen molar-refractivity contribution in [2.75, 3.05) is 0 Å². The highest BCUT2D eigenvalue weighted by atomic mass is 19.3. The lowest BCUT2D eigenvalue weighted by Crippen LogP contribution is -2.24. The lowest BCUT2D eigenvalue weighted by atomic mass is 10.1. The van der Waals surface area contributed by atoms with Crippen LogP contribution in [0, 0.1) is 5.82 Å². The number of rotatable bonds is 2. The van der Waals surface area contributed by atoms with Gasteiger partial charge in [-0.1, -0.05) is 13.8 Å². The zero-order valence-corrected chi connectivity index (χ0v) is 7.80. The predicted molar refractivity (Wildman–Crippen MR) is 46.0 cm³/mol. The average Bonchev–Trinajstić information content (AvgIpc) is 2.08. The fourth-order valence-electron chi connectivity index (χ4n) is 1.05. The zero-order chi connectivity index (χ0) is 10.9. The second-order valence-corrected chi connectivity index (χ2v) is 3.27. The van der Waals surface area contributed by atoms with E-state index in [1.165, 1.54) is 0 Å². The Morgan fingerprint density at radius 1 is 1.36 bits per heavy atom. The molecule has 0 saturated carbocycles. The molecule has 0 aliphatic carbocycles. The van der Waals surface area contributed by atoms with Gasteiger partial charge in [-0.15, -0.1) is 0 Å². The number of hydrogen-bond donors (Lipinski definition) is 0. The fourth-order valence-corrected chi connectivity index (χ4v) is 1.05. The molecule has 0 saturated heterocycles. The number of hydrogen-bond acceptors (Lipinski definition) is 1. The normalized spacial score (nSPS) is 11.4. The van der Waals surface area contributed by atoms with E-state index >= 15 is 0 Å². The second kappa shape index (κ2) is 3.86. The summed E-state index contributed by atoms with van der Waals surface area (Å²) in [6, 6.07) is 0.992. The Balaban J connectivity index is 3.36. The van der Waals surface area contributed by atoms with Gasteiger partial charge in [-0.2, -0.15) is 8.78 Å². The van der Waals surface area contributed by atoms with Crippen molar-refractivity contribution in [3.63, 3.8) is 0 Å². The Morgan fingerprint density at radius 2 is 1.93 bits per heavy atom. The molecule has 0 aliphatic heterocycles. The molecule has 0 bridgehead atoms. The van der Waals surface area contributed by atoms with Gasteiger partial charge in [-0.25, -0.2) is 4.39 Å². The van der Waals surface area contributed by atoms with E-state index in [0.29, 0.717) is 5.56 Å². The van der Waals surface area contributed by atoms with Gasteiger partial charge >= 0.3 is 6.55 Å². The van der Waals surface area contributed by atoms with Gasteiger partial charge in [0.05, 0.1) is 0 Å². The Bertz CT molecular complexity index is 384. The molecule has 5 heteroatoms. The maximum absolute atomic E-state index is 12.9. The second-order valence-electron chi connectivity index (χ2n) is 3.27. The highest BCUT2D eigenvalue weighted by Crippen LogP contribution is 2.16. The van der Waals surface area contributed by atoms with Crippen LogP contribution < -0.4 is 5.56 Å². The molecule has 0 amide bonds. The van der Waals surface area contributed by atoms with Gasteiger partial charge in [0.15, 0.2) is 5.82 Å². The van der Waals surface area contributed by atoms with Crippen LogP contribution in [0.1, 0.15) is 31.9 Å². The van der Waals surface area contributed by atoms with Crippen molar-refractivity contribution in [1.29, 1.82) is 0 Å². The summed E-state index contributed by atoms with van der Waals surface area (Å²) >= 11 is 0. The first-order valence-corrected chi connectivity index (χ1v) is 4.13. The standard InChI is InChI=1S/C9H10F3NO/c1-5(2)6-3-7(10)8(14)13(4-6)9(11)12/h3-5,9H,1-2H3. The third-order valence-corrected chi connectivity index (χ3v) is 1.90. The summed E-state index contributed by atoms with van der Waals surface area (Å²) in [5.74, 6) is -1.24. The summed E-state index contributed by atoms with van der Waals surface area (Å²) < 4.78 is 37.5. The lowest BCUT2D eigenvalue weighted by molar-refractivity contribution is 0.0646.